The van der Waals surface area contributed by atoms with E-state index in [2.05, 4.69) is 42.2 Å². The normalized spacial score (nSPS) is 19.8. The van der Waals surface area contributed by atoms with Gasteiger partial charge in [-0.3, -0.25) is 4.90 Å². The van der Waals surface area contributed by atoms with E-state index in [0.29, 0.717) is 6.42 Å². The van der Waals surface area contributed by atoms with Gasteiger partial charge in [0, 0.05) is 6.04 Å². The van der Waals surface area contributed by atoms with Crippen LogP contribution >= 0.6 is 0 Å². The predicted molar refractivity (Wildman–Crippen MR) is 69.4 cm³/mol. The summed E-state index contributed by atoms with van der Waals surface area (Å²) in [7, 11) is 0. The van der Waals surface area contributed by atoms with Gasteiger partial charge in [0.15, 0.2) is 0 Å². The lowest BCUT2D eigenvalue weighted by Gasteiger charge is -2.36. The minimum atomic E-state index is 0.286. The molecule has 1 saturated heterocycles. The highest BCUT2D eigenvalue weighted by Crippen LogP contribution is 2.28. The van der Waals surface area contributed by atoms with Gasteiger partial charge < -0.3 is 0 Å². The molecule has 0 N–H and O–H groups in total. The standard InChI is InChI=1S/C15H20N2/c1-13-8-11-17(12-9-13)15(7-10-16)14-5-3-2-4-6-14/h2-6,13,15H,7-9,11-12H2,1H3. The zero-order valence-corrected chi connectivity index (χ0v) is 10.5. The summed E-state index contributed by atoms with van der Waals surface area (Å²) < 4.78 is 0. The zero-order chi connectivity index (χ0) is 12.1. The van der Waals surface area contributed by atoms with Crippen LogP contribution in [0.4, 0.5) is 0 Å². The molecule has 17 heavy (non-hydrogen) atoms. The van der Waals surface area contributed by atoms with Gasteiger partial charge in [-0.05, 0) is 37.4 Å². The maximum absolute atomic E-state index is 9.00. The molecule has 90 valence electrons. The minimum absolute atomic E-state index is 0.286. The Hall–Kier alpha value is -1.33. The highest BCUT2D eigenvalue weighted by Gasteiger charge is 2.24. The SMILES string of the molecule is CC1CCN(C(CC#N)c2ccccc2)CC1. The molecule has 2 nitrogen and oxygen atoms in total. The van der Waals surface area contributed by atoms with Gasteiger partial charge >= 0.3 is 0 Å². The molecule has 1 aliphatic heterocycles. The van der Waals surface area contributed by atoms with Crippen LogP contribution in [0.25, 0.3) is 0 Å². The smallest absolute Gasteiger partial charge is 0.0641 e. The van der Waals surface area contributed by atoms with Crippen molar-refractivity contribution in [3.63, 3.8) is 0 Å². The number of benzene rings is 1. The van der Waals surface area contributed by atoms with Gasteiger partial charge in [0.05, 0.1) is 12.5 Å². The van der Waals surface area contributed by atoms with Crippen LogP contribution < -0.4 is 0 Å². The average Bonchev–Trinajstić information content (AvgIpc) is 2.38. The van der Waals surface area contributed by atoms with Gasteiger partial charge in [-0.1, -0.05) is 37.3 Å². The number of nitriles is 1. The van der Waals surface area contributed by atoms with Crippen LogP contribution in [0.5, 0.6) is 0 Å². The van der Waals surface area contributed by atoms with Gasteiger partial charge in [0.1, 0.15) is 0 Å². The first-order valence-electron chi connectivity index (χ1n) is 6.47. The maximum Gasteiger partial charge on any atom is 0.0641 e. The second-order valence-corrected chi connectivity index (χ2v) is 5.01. The number of hydrogen-bond donors (Lipinski definition) is 0. The van der Waals surface area contributed by atoms with Crippen LogP contribution in [0.1, 0.15) is 37.8 Å². The van der Waals surface area contributed by atoms with E-state index in [0.717, 1.165) is 19.0 Å². The molecule has 0 spiro atoms. The van der Waals surface area contributed by atoms with Crippen molar-refractivity contribution in [2.75, 3.05) is 13.1 Å². The van der Waals surface area contributed by atoms with Crippen molar-refractivity contribution in [3.8, 4) is 6.07 Å². The summed E-state index contributed by atoms with van der Waals surface area (Å²) in [5.41, 5.74) is 1.28. The van der Waals surface area contributed by atoms with E-state index in [1.165, 1.54) is 18.4 Å². The van der Waals surface area contributed by atoms with Gasteiger partial charge in [-0.15, -0.1) is 0 Å². The van der Waals surface area contributed by atoms with Crippen molar-refractivity contribution in [1.82, 2.24) is 4.90 Å². The predicted octanol–water partition coefficient (Wildman–Crippen LogP) is 3.37. The largest absolute Gasteiger partial charge is 0.295 e. The highest BCUT2D eigenvalue weighted by atomic mass is 15.2. The van der Waals surface area contributed by atoms with Crippen molar-refractivity contribution in [2.24, 2.45) is 5.92 Å². The fourth-order valence-corrected chi connectivity index (χ4v) is 2.56. The highest BCUT2D eigenvalue weighted by molar-refractivity contribution is 5.20. The first-order chi connectivity index (χ1) is 8.31. The minimum Gasteiger partial charge on any atom is -0.295 e. The molecule has 1 heterocycles. The molecular formula is C15H20N2. The van der Waals surface area contributed by atoms with Crippen LogP contribution in [0.2, 0.25) is 0 Å². The Bertz CT molecular complexity index is 372. The van der Waals surface area contributed by atoms with E-state index in [-0.39, 0.29) is 6.04 Å². The second-order valence-electron chi connectivity index (χ2n) is 5.01. The molecule has 2 heteroatoms. The Morgan fingerprint density at radius 2 is 1.94 bits per heavy atom. The molecule has 1 unspecified atom stereocenters. The summed E-state index contributed by atoms with van der Waals surface area (Å²) in [6.07, 6.45) is 3.11. The lowest BCUT2D eigenvalue weighted by atomic mass is 9.95. The quantitative estimate of drug-likeness (QED) is 0.793. The third kappa shape index (κ3) is 3.08. The summed E-state index contributed by atoms with van der Waals surface area (Å²) in [6.45, 7) is 4.57. The Balaban J connectivity index is 2.10. The van der Waals surface area contributed by atoms with Gasteiger partial charge in [0.2, 0.25) is 0 Å². The van der Waals surface area contributed by atoms with E-state index < -0.39 is 0 Å². The fraction of sp³-hybridized carbons (Fsp3) is 0.533. The zero-order valence-electron chi connectivity index (χ0n) is 10.5. The second kappa shape index (κ2) is 5.84. The molecule has 0 bridgehead atoms. The van der Waals surface area contributed by atoms with Gasteiger partial charge in [-0.2, -0.15) is 5.26 Å². The van der Waals surface area contributed by atoms with Crippen LogP contribution in [-0.4, -0.2) is 18.0 Å². The average molecular weight is 228 g/mol. The number of nitrogens with zero attached hydrogens (tertiary/aromatic N) is 2. The Labute approximate surface area is 104 Å². The molecule has 0 aromatic heterocycles. The third-order valence-corrected chi connectivity index (χ3v) is 3.73. The Kier molecular flexibility index (Phi) is 4.17. The van der Waals surface area contributed by atoms with Crippen molar-refractivity contribution in [2.45, 2.75) is 32.2 Å². The number of rotatable bonds is 3. The van der Waals surface area contributed by atoms with Gasteiger partial charge in [0.25, 0.3) is 0 Å². The number of hydrogen-bond acceptors (Lipinski definition) is 2. The molecule has 1 aromatic carbocycles. The molecule has 1 aromatic rings. The van der Waals surface area contributed by atoms with E-state index in [1.807, 2.05) is 6.07 Å². The first kappa shape index (κ1) is 12.1. The molecule has 0 radical (unpaired) electrons. The molecule has 0 saturated carbocycles. The van der Waals surface area contributed by atoms with Crippen molar-refractivity contribution in [3.05, 3.63) is 35.9 Å². The van der Waals surface area contributed by atoms with Crippen LogP contribution in [0.15, 0.2) is 30.3 Å². The monoisotopic (exact) mass is 228 g/mol. The van der Waals surface area contributed by atoms with E-state index >= 15 is 0 Å². The molecule has 1 aliphatic rings. The van der Waals surface area contributed by atoms with Crippen molar-refractivity contribution in [1.29, 1.82) is 5.26 Å². The molecule has 0 aliphatic carbocycles. The maximum atomic E-state index is 9.00. The number of piperidine rings is 1. The summed E-state index contributed by atoms with van der Waals surface area (Å²) in [5.74, 6) is 0.838. The molecular weight excluding hydrogens is 208 g/mol. The van der Waals surface area contributed by atoms with Crippen molar-refractivity contribution >= 4 is 0 Å². The molecule has 2 rings (SSSR count). The first-order valence-corrected chi connectivity index (χ1v) is 6.47. The fourth-order valence-electron chi connectivity index (χ4n) is 2.56. The Morgan fingerprint density at radius 3 is 2.53 bits per heavy atom. The topological polar surface area (TPSA) is 27.0 Å². The van der Waals surface area contributed by atoms with Crippen LogP contribution in [-0.2, 0) is 0 Å². The molecule has 0 amide bonds. The molecule has 1 fully saturated rings. The summed E-state index contributed by atoms with van der Waals surface area (Å²) in [6, 6.07) is 13.1. The van der Waals surface area contributed by atoms with Crippen molar-refractivity contribution < 1.29 is 0 Å². The van der Waals surface area contributed by atoms with E-state index in [1.54, 1.807) is 0 Å². The number of likely N-dealkylation sites (tertiary alicyclic amines) is 1. The lowest BCUT2D eigenvalue weighted by molar-refractivity contribution is 0.139. The van der Waals surface area contributed by atoms with Gasteiger partial charge in [-0.25, -0.2) is 0 Å². The van der Waals surface area contributed by atoms with E-state index in [9.17, 15) is 0 Å². The lowest BCUT2D eigenvalue weighted by Crippen LogP contribution is -2.36. The van der Waals surface area contributed by atoms with Crippen LogP contribution in [0.3, 0.4) is 0 Å². The summed E-state index contributed by atoms with van der Waals surface area (Å²) in [5, 5.41) is 9.00. The molecule has 1 atom stereocenters. The van der Waals surface area contributed by atoms with Crippen LogP contribution in [0, 0.1) is 17.2 Å². The Morgan fingerprint density at radius 1 is 1.29 bits per heavy atom. The third-order valence-electron chi connectivity index (χ3n) is 3.73. The summed E-state index contributed by atoms with van der Waals surface area (Å²) in [4.78, 5) is 2.47. The summed E-state index contributed by atoms with van der Waals surface area (Å²) >= 11 is 0. The van der Waals surface area contributed by atoms with E-state index in [4.69, 9.17) is 5.26 Å².